The molecule has 27 heavy (non-hydrogen) atoms. The summed E-state index contributed by atoms with van der Waals surface area (Å²) >= 11 is 0. The van der Waals surface area contributed by atoms with Gasteiger partial charge in [0.25, 0.3) is 0 Å². The summed E-state index contributed by atoms with van der Waals surface area (Å²) in [5, 5.41) is 38.6. The van der Waals surface area contributed by atoms with Gasteiger partial charge < -0.3 is 29.9 Å². The number of aliphatic hydroxyl groups is 4. The van der Waals surface area contributed by atoms with Gasteiger partial charge in [0.05, 0.1) is 13.2 Å². The van der Waals surface area contributed by atoms with E-state index in [0.717, 1.165) is 24.7 Å². The lowest BCUT2D eigenvalue weighted by atomic mass is 9.94. The van der Waals surface area contributed by atoms with E-state index < -0.39 is 37.3 Å². The van der Waals surface area contributed by atoms with Gasteiger partial charge in [-0.2, -0.15) is 0 Å². The standard InChI is InChI=1S/C21H40O6/c1-14(2)7-5-8-15(3)9-6-10-16(4)11-12-26-21-20(25)19(24)18(23)17(13-22)27-21/h11,14-15,17-25H,5-10,12-13H2,1-4H3/t15?,17-,18+,19+,20-,21?/m1/s1. The van der Waals surface area contributed by atoms with Crippen molar-refractivity contribution in [2.24, 2.45) is 11.8 Å². The molecular weight excluding hydrogens is 348 g/mol. The molecule has 0 radical (unpaired) electrons. The summed E-state index contributed by atoms with van der Waals surface area (Å²) in [5.74, 6) is 1.54. The molecule has 0 aromatic heterocycles. The van der Waals surface area contributed by atoms with E-state index in [1.165, 1.54) is 31.3 Å². The smallest absolute Gasteiger partial charge is 0.187 e. The zero-order valence-corrected chi connectivity index (χ0v) is 17.4. The molecule has 1 heterocycles. The normalized spacial score (nSPS) is 30.7. The van der Waals surface area contributed by atoms with Crippen LogP contribution in [0.2, 0.25) is 0 Å². The summed E-state index contributed by atoms with van der Waals surface area (Å²) in [5.41, 5.74) is 1.22. The Morgan fingerprint density at radius 2 is 1.67 bits per heavy atom. The fraction of sp³-hybridized carbons (Fsp3) is 0.905. The van der Waals surface area contributed by atoms with Gasteiger partial charge in [0, 0.05) is 0 Å². The van der Waals surface area contributed by atoms with Crippen LogP contribution in [-0.2, 0) is 9.47 Å². The molecule has 2 unspecified atom stereocenters. The molecule has 6 nitrogen and oxygen atoms in total. The van der Waals surface area contributed by atoms with Crippen molar-refractivity contribution in [2.75, 3.05) is 13.2 Å². The molecule has 160 valence electrons. The minimum Gasteiger partial charge on any atom is -0.394 e. The Hall–Kier alpha value is -0.500. The second-order valence-electron chi connectivity index (χ2n) is 8.40. The third-order valence-electron chi connectivity index (χ3n) is 5.29. The lowest BCUT2D eigenvalue weighted by molar-refractivity contribution is -0.298. The minimum atomic E-state index is -1.40. The Morgan fingerprint density at radius 1 is 1.00 bits per heavy atom. The van der Waals surface area contributed by atoms with Gasteiger partial charge in [0.2, 0.25) is 0 Å². The molecule has 6 atom stereocenters. The number of allylic oxidation sites excluding steroid dienone is 1. The SMILES string of the molecule is CC(=CCOC1O[C@H](CO)[C@H](O)[C@H](O)[C@H]1O)CCCC(C)CCCC(C)C. The molecule has 0 saturated carbocycles. The first-order valence-corrected chi connectivity index (χ1v) is 10.3. The quantitative estimate of drug-likeness (QED) is 0.383. The van der Waals surface area contributed by atoms with Gasteiger partial charge in [-0.25, -0.2) is 0 Å². The Kier molecular flexibility index (Phi) is 11.7. The van der Waals surface area contributed by atoms with Gasteiger partial charge in [-0.05, 0) is 31.6 Å². The van der Waals surface area contributed by atoms with Crippen LogP contribution >= 0.6 is 0 Å². The van der Waals surface area contributed by atoms with Gasteiger partial charge in [0.15, 0.2) is 6.29 Å². The number of hydrogen-bond donors (Lipinski definition) is 4. The molecule has 0 aliphatic carbocycles. The molecule has 0 amide bonds. The van der Waals surface area contributed by atoms with Crippen molar-refractivity contribution in [3.8, 4) is 0 Å². The van der Waals surface area contributed by atoms with Crippen LogP contribution in [0.5, 0.6) is 0 Å². The molecule has 4 N–H and O–H groups in total. The maximum absolute atomic E-state index is 9.93. The van der Waals surface area contributed by atoms with Crippen LogP contribution < -0.4 is 0 Å². The first-order chi connectivity index (χ1) is 12.8. The van der Waals surface area contributed by atoms with Crippen LogP contribution in [0.25, 0.3) is 0 Å². The van der Waals surface area contributed by atoms with E-state index in [2.05, 4.69) is 27.7 Å². The summed E-state index contributed by atoms with van der Waals surface area (Å²) < 4.78 is 10.8. The lowest BCUT2D eigenvalue weighted by Crippen LogP contribution is -2.59. The van der Waals surface area contributed by atoms with E-state index in [1.54, 1.807) is 0 Å². The summed E-state index contributed by atoms with van der Waals surface area (Å²) in [6, 6.07) is 0. The zero-order chi connectivity index (χ0) is 20.4. The van der Waals surface area contributed by atoms with Crippen molar-refractivity contribution in [3.63, 3.8) is 0 Å². The molecule has 0 aromatic rings. The highest BCUT2D eigenvalue weighted by Gasteiger charge is 2.43. The molecule has 6 heteroatoms. The van der Waals surface area contributed by atoms with Gasteiger partial charge in [-0.1, -0.05) is 58.1 Å². The van der Waals surface area contributed by atoms with Crippen LogP contribution in [0.15, 0.2) is 11.6 Å². The van der Waals surface area contributed by atoms with Crippen LogP contribution in [0.3, 0.4) is 0 Å². The summed E-state index contributed by atoms with van der Waals surface area (Å²) in [6.07, 6.45) is 3.12. The van der Waals surface area contributed by atoms with Crippen molar-refractivity contribution in [2.45, 2.75) is 96.9 Å². The van der Waals surface area contributed by atoms with E-state index in [9.17, 15) is 20.4 Å². The Morgan fingerprint density at radius 3 is 2.30 bits per heavy atom. The third-order valence-corrected chi connectivity index (χ3v) is 5.29. The molecule has 0 bridgehead atoms. The fourth-order valence-electron chi connectivity index (χ4n) is 3.34. The van der Waals surface area contributed by atoms with Gasteiger partial charge in [0.1, 0.15) is 24.4 Å². The predicted octanol–water partition coefficient (Wildman–Crippen LogP) is 2.38. The van der Waals surface area contributed by atoms with Crippen molar-refractivity contribution < 1.29 is 29.9 Å². The molecule has 1 rings (SSSR count). The number of hydrogen-bond acceptors (Lipinski definition) is 6. The van der Waals surface area contributed by atoms with E-state index in [4.69, 9.17) is 9.47 Å². The maximum Gasteiger partial charge on any atom is 0.187 e. The molecular formula is C21H40O6. The van der Waals surface area contributed by atoms with Crippen LogP contribution in [0, 0.1) is 11.8 Å². The molecule has 0 aromatic carbocycles. The van der Waals surface area contributed by atoms with Crippen LogP contribution in [0.1, 0.15) is 66.2 Å². The monoisotopic (exact) mass is 388 g/mol. The predicted molar refractivity (Wildman–Crippen MR) is 105 cm³/mol. The highest BCUT2D eigenvalue weighted by atomic mass is 16.7. The Bertz CT molecular complexity index is 423. The van der Waals surface area contributed by atoms with Gasteiger partial charge in [-0.3, -0.25) is 0 Å². The molecule has 1 aliphatic heterocycles. The summed E-state index contributed by atoms with van der Waals surface area (Å²) in [6.45, 7) is 8.71. The highest BCUT2D eigenvalue weighted by Crippen LogP contribution is 2.22. The fourth-order valence-corrected chi connectivity index (χ4v) is 3.34. The summed E-state index contributed by atoms with van der Waals surface area (Å²) in [7, 11) is 0. The first-order valence-electron chi connectivity index (χ1n) is 10.3. The van der Waals surface area contributed by atoms with Crippen LogP contribution in [-0.4, -0.2) is 64.3 Å². The second-order valence-corrected chi connectivity index (χ2v) is 8.40. The molecule has 1 aliphatic rings. The average Bonchev–Trinajstić information content (AvgIpc) is 2.61. The van der Waals surface area contributed by atoms with Crippen molar-refractivity contribution >= 4 is 0 Å². The Balaban J connectivity index is 2.26. The van der Waals surface area contributed by atoms with E-state index in [1.807, 2.05) is 6.08 Å². The number of aliphatic hydroxyl groups excluding tert-OH is 4. The van der Waals surface area contributed by atoms with E-state index >= 15 is 0 Å². The Labute approximate surface area is 164 Å². The summed E-state index contributed by atoms with van der Waals surface area (Å²) in [4.78, 5) is 0. The third kappa shape index (κ3) is 9.03. The van der Waals surface area contributed by atoms with Crippen molar-refractivity contribution in [1.82, 2.24) is 0 Å². The second kappa shape index (κ2) is 12.9. The largest absolute Gasteiger partial charge is 0.394 e. The molecule has 1 fully saturated rings. The number of ether oxygens (including phenoxy) is 2. The lowest BCUT2D eigenvalue weighted by Gasteiger charge is -2.39. The maximum atomic E-state index is 9.93. The molecule has 1 saturated heterocycles. The first kappa shape index (κ1) is 24.5. The molecule has 0 spiro atoms. The van der Waals surface area contributed by atoms with E-state index in [0.29, 0.717) is 0 Å². The topological polar surface area (TPSA) is 99.4 Å². The number of rotatable bonds is 12. The van der Waals surface area contributed by atoms with E-state index in [-0.39, 0.29) is 6.61 Å². The highest BCUT2D eigenvalue weighted by molar-refractivity contribution is 4.98. The van der Waals surface area contributed by atoms with Crippen LogP contribution in [0.4, 0.5) is 0 Å². The zero-order valence-electron chi connectivity index (χ0n) is 17.4. The van der Waals surface area contributed by atoms with Crippen molar-refractivity contribution in [3.05, 3.63) is 11.6 Å². The van der Waals surface area contributed by atoms with Crippen molar-refractivity contribution in [1.29, 1.82) is 0 Å². The average molecular weight is 389 g/mol. The van der Waals surface area contributed by atoms with Gasteiger partial charge in [-0.15, -0.1) is 0 Å². The minimum absolute atomic E-state index is 0.248. The van der Waals surface area contributed by atoms with Gasteiger partial charge >= 0.3 is 0 Å².